The van der Waals surface area contributed by atoms with E-state index in [2.05, 4.69) is 15.5 Å². The number of rotatable bonds is 1. The molecule has 6 heteroatoms. The van der Waals surface area contributed by atoms with E-state index in [1.807, 2.05) is 7.05 Å². The predicted octanol–water partition coefficient (Wildman–Crippen LogP) is 0.725. The average molecular weight is 241 g/mol. The third kappa shape index (κ3) is 1.43. The Labute approximate surface area is 102 Å². The van der Waals surface area contributed by atoms with Crippen LogP contribution in [0.2, 0.25) is 0 Å². The summed E-state index contributed by atoms with van der Waals surface area (Å²) in [6.45, 7) is 0. The highest BCUT2D eigenvalue weighted by Gasteiger charge is 2.09. The molecular formula is C12H11N5O. The van der Waals surface area contributed by atoms with Gasteiger partial charge in [0.15, 0.2) is 0 Å². The number of nitrogens with one attached hydrogen (secondary N) is 1. The summed E-state index contributed by atoms with van der Waals surface area (Å²) in [6.07, 6.45) is 3.52. The molecular weight excluding hydrogens is 230 g/mol. The molecule has 0 spiro atoms. The van der Waals surface area contributed by atoms with E-state index in [9.17, 15) is 4.79 Å². The van der Waals surface area contributed by atoms with Crippen LogP contribution >= 0.6 is 0 Å². The molecule has 0 bridgehead atoms. The monoisotopic (exact) mass is 241 g/mol. The summed E-state index contributed by atoms with van der Waals surface area (Å²) in [5.41, 5.74) is 4.39. The standard InChI is InChI=1S/C12H11N5O/c1-17-11-8(6-15-17)5-14-10-3-2-7(4-9(10)11)12(18)16-13/h2-6H,13H2,1H3,(H,16,18). The van der Waals surface area contributed by atoms with Gasteiger partial charge in [0.25, 0.3) is 5.91 Å². The lowest BCUT2D eigenvalue weighted by Gasteiger charge is -2.04. The van der Waals surface area contributed by atoms with E-state index in [-0.39, 0.29) is 5.91 Å². The van der Waals surface area contributed by atoms with Crippen molar-refractivity contribution in [2.24, 2.45) is 12.9 Å². The second-order valence-electron chi connectivity index (χ2n) is 4.04. The van der Waals surface area contributed by atoms with Crippen molar-refractivity contribution in [1.29, 1.82) is 0 Å². The molecule has 3 aromatic rings. The molecule has 0 unspecified atom stereocenters. The Morgan fingerprint density at radius 1 is 1.39 bits per heavy atom. The molecule has 1 amide bonds. The molecule has 0 saturated carbocycles. The van der Waals surface area contributed by atoms with Crippen molar-refractivity contribution in [1.82, 2.24) is 20.2 Å². The number of aryl methyl sites for hydroxylation is 1. The smallest absolute Gasteiger partial charge is 0.265 e. The highest BCUT2D eigenvalue weighted by molar-refractivity contribution is 6.06. The van der Waals surface area contributed by atoms with Gasteiger partial charge in [0.2, 0.25) is 0 Å². The number of nitrogens with zero attached hydrogens (tertiary/aromatic N) is 3. The second kappa shape index (κ2) is 3.78. The lowest BCUT2D eigenvalue weighted by atomic mass is 10.1. The minimum Gasteiger partial charge on any atom is -0.290 e. The summed E-state index contributed by atoms with van der Waals surface area (Å²) >= 11 is 0. The van der Waals surface area contributed by atoms with Crippen molar-refractivity contribution < 1.29 is 4.79 Å². The first-order valence-electron chi connectivity index (χ1n) is 5.42. The van der Waals surface area contributed by atoms with E-state index in [1.54, 1.807) is 35.3 Å². The van der Waals surface area contributed by atoms with Crippen LogP contribution in [-0.2, 0) is 7.05 Å². The molecule has 0 aliphatic heterocycles. The number of hydrazine groups is 1. The van der Waals surface area contributed by atoms with Crippen molar-refractivity contribution in [3.8, 4) is 0 Å². The number of nitrogen functional groups attached to an aromatic ring is 1. The van der Waals surface area contributed by atoms with Crippen LogP contribution in [0.25, 0.3) is 21.8 Å². The zero-order chi connectivity index (χ0) is 12.7. The van der Waals surface area contributed by atoms with Gasteiger partial charge in [-0.2, -0.15) is 5.10 Å². The van der Waals surface area contributed by atoms with Crippen molar-refractivity contribution in [3.63, 3.8) is 0 Å². The third-order valence-electron chi connectivity index (χ3n) is 2.95. The summed E-state index contributed by atoms with van der Waals surface area (Å²) in [5, 5.41) is 6.02. The number of pyridine rings is 1. The molecule has 1 aromatic carbocycles. The fourth-order valence-corrected chi connectivity index (χ4v) is 2.08. The number of amides is 1. The zero-order valence-corrected chi connectivity index (χ0v) is 9.71. The summed E-state index contributed by atoms with van der Waals surface area (Å²) in [6, 6.07) is 5.26. The number of carbonyl (C=O) groups is 1. The summed E-state index contributed by atoms with van der Waals surface area (Å²) in [7, 11) is 1.86. The van der Waals surface area contributed by atoms with Gasteiger partial charge in [-0.25, -0.2) is 5.84 Å². The first-order chi connectivity index (χ1) is 8.70. The van der Waals surface area contributed by atoms with Crippen LogP contribution in [0.3, 0.4) is 0 Å². The fourth-order valence-electron chi connectivity index (χ4n) is 2.08. The molecule has 0 aliphatic carbocycles. The van der Waals surface area contributed by atoms with Gasteiger partial charge in [-0.1, -0.05) is 0 Å². The van der Waals surface area contributed by atoms with Gasteiger partial charge in [-0.15, -0.1) is 0 Å². The lowest BCUT2D eigenvalue weighted by Crippen LogP contribution is -2.29. The Balaban J connectivity index is 2.39. The Kier molecular flexibility index (Phi) is 2.24. The molecule has 18 heavy (non-hydrogen) atoms. The number of carbonyl (C=O) groups excluding carboxylic acids is 1. The van der Waals surface area contributed by atoms with Crippen LogP contribution in [0.1, 0.15) is 10.4 Å². The largest absolute Gasteiger partial charge is 0.290 e. The summed E-state index contributed by atoms with van der Waals surface area (Å²) in [4.78, 5) is 15.9. The SMILES string of the molecule is Cn1ncc2cnc3ccc(C(=O)NN)cc3c21. The third-order valence-corrected chi connectivity index (χ3v) is 2.95. The number of hydrogen-bond acceptors (Lipinski definition) is 4. The van der Waals surface area contributed by atoms with Gasteiger partial charge in [0.1, 0.15) is 0 Å². The van der Waals surface area contributed by atoms with Crippen molar-refractivity contribution >= 4 is 27.7 Å². The lowest BCUT2D eigenvalue weighted by molar-refractivity contribution is 0.0954. The van der Waals surface area contributed by atoms with Crippen molar-refractivity contribution in [3.05, 3.63) is 36.2 Å². The van der Waals surface area contributed by atoms with E-state index >= 15 is 0 Å². The van der Waals surface area contributed by atoms with E-state index < -0.39 is 0 Å². The minimum atomic E-state index is -0.323. The number of hydrogen-bond donors (Lipinski definition) is 2. The maximum atomic E-state index is 11.5. The molecule has 6 nitrogen and oxygen atoms in total. The van der Waals surface area contributed by atoms with Gasteiger partial charge in [-0.05, 0) is 18.2 Å². The van der Waals surface area contributed by atoms with Crippen molar-refractivity contribution in [2.45, 2.75) is 0 Å². The Hall–Kier alpha value is -2.47. The van der Waals surface area contributed by atoms with E-state index in [0.29, 0.717) is 5.56 Å². The van der Waals surface area contributed by atoms with Crippen LogP contribution in [-0.4, -0.2) is 20.7 Å². The highest BCUT2D eigenvalue weighted by atomic mass is 16.2. The van der Waals surface area contributed by atoms with E-state index in [0.717, 1.165) is 21.8 Å². The Morgan fingerprint density at radius 3 is 3.00 bits per heavy atom. The molecule has 2 aromatic heterocycles. The highest BCUT2D eigenvalue weighted by Crippen LogP contribution is 2.23. The van der Waals surface area contributed by atoms with Gasteiger partial charge in [0.05, 0.1) is 17.2 Å². The molecule has 3 N–H and O–H groups in total. The van der Waals surface area contributed by atoms with Crippen LogP contribution in [0.5, 0.6) is 0 Å². The Morgan fingerprint density at radius 2 is 2.22 bits per heavy atom. The fraction of sp³-hybridized carbons (Fsp3) is 0.0833. The number of benzene rings is 1. The normalized spacial score (nSPS) is 11.0. The maximum absolute atomic E-state index is 11.5. The summed E-state index contributed by atoms with van der Waals surface area (Å²) in [5.74, 6) is 4.81. The number of nitrogens with two attached hydrogens (primary N) is 1. The predicted molar refractivity (Wildman–Crippen MR) is 67.7 cm³/mol. The first-order valence-corrected chi connectivity index (χ1v) is 5.42. The number of fused-ring (bicyclic) bond motifs is 3. The maximum Gasteiger partial charge on any atom is 0.265 e. The topological polar surface area (TPSA) is 85.8 Å². The van der Waals surface area contributed by atoms with Gasteiger partial charge in [0, 0.05) is 29.6 Å². The van der Waals surface area contributed by atoms with Crippen LogP contribution in [0, 0.1) is 0 Å². The van der Waals surface area contributed by atoms with Gasteiger partial charge < -0.3 is 0 Å². The average Bonchev–Trinajstić information content (AvgIpc) is 2.79. The van der Waals surface area contributed by atoms with Crippen LogP contribution < -0.4 is 11.3 Å². The van der Waals surface area contributed by atoms with E-state index in [4.69, 9.17) is 5.84 Å². The minimum absolute atomic E-state index is 0.323. The second-order valence-corrected chi connectivity index (χ2v) is 4.04. The quantitative estimate of drug-likeness (QED) is 0.373. The van der Waals surface area contributed by atoms with Crippen molar-refractivity contribution in [2.75, 3.05) is 0 Å². The summed E-state index contributed by atoms with van der Waals surface area (Å²) < 4.78 is 1.77. The first kappa shape index (κ1) is 10.7. The molecule has 90 valence electrons. The molecule has 0 aliphatic rings. The molecule has 3 rings (SSSR count). The zero-order valence-electron chi connectivity index (χ0n) is 9.71. The van der Waals surface area contributed by atoms with Crippen LogP contribution in [0.4, 0.5) is 0 Å². The Bertz CT molecular complexity index is 762. The molecule has 0 saturated heterocycles. The van der Waals surface area contributed by atoms with Crippen LogP contribution in [0.15, 0.2) is 30.6 Å². The van der Waals surface area contributed by atoms with E-state index in [1.165, 1.54) is 0 Å². The molecule has 0 radical (unpaired) electrons. The van der Waals surface area contributed by atoms with Gasteiger partial charge in [-0.3, -0.25) is 19.9 Å². The number of aromatic nitrogens is 3. The molecule has 0 fully saturated rings. The molecule has 2 heterocycles. The molecule has 0 atom stereocenters. The van der Waals surface area contributed by atoms with Gasteiger partial charge >= 0.3 is 0 Å².